The fraction of sp³-hybridized carbons (Fsp3) is 0.211. The summed E-state index contributed by atoms with van der Waals surface area (Å²) in [5, 5.41) is 10.5. The highest BCUT2D eigenvalue weighted by molar-refractivity contribution is 7.99. The molecule has 0 amide bonds. The Kier molecular flexibility index (Phi) is 5.42. The van der Waals surface area contributed by atoms with Crippen LogP contribution in [0.15, 0.2) is 52.4 Å². The van der Waals surface area contributed by atoms with Crippen molar-refractivity contribution in [3.63, 3.8) is 0 Å². The Morgan fingerprint density at radius 2 is 2.04 bits per heavy atom. The molecule has 0 atom stereocenters. The second-order valence-electron chi connectivity index (χ2n) is 5.55. The summed E-state index contributed by atoms with van der Waals surface area (Å²) in [6.45, 7) is 1.89. The molecule has 0 radical (unpaired) electrons. The number of nitrogens with zero attached hydrogens (tertiary/aromatic N) is 3. The summed E-state index contributed by atoms with van der Waals surface area (Å²) in [4.78, 5) is 17.8. The highest BCUT2D eigenvalue weighted by atomic mass is 35.5. The molecule has 0 fully saturated rings. The second kappa shape index (κ2) is 7.73. The van der Waals surface area contributed by atoms with Gasteiger partial charge in [0.2, 0.25) is 0 Å². The fourth-order valence-corrected chi connectivity index (χ4v) is 3.69. The van der Waals surface area contributed by atoms with Crippen LogP contribution in [-0.2, 0) is 0 Å². The fourth-order valence-electron chi connectivity index (χ4n) is 2.57. The zero-order valence-corrected chi connectivity index (χ0v) is 15.3. The van der Waals surface area contributed by atoms with Gasteiger partial charge in [0, 0.05) is 17.2 Å². The van der Waals surface area contributed by atoms with Crippen molar-refractivity contribution in [2.45, 2.75) is 24.9 Å². The van der Waals surface area contributed by atoms with Gasteiger partial charge in [-0.1, -0.05) is 41.6 Å². The van der Waals surface area contributed by atoms with Crippen LogP contribution in [0, 0.1) is 18.3 Å². The molecule has 0 aliphatic heterocycles. The zero-order valence-electron chi connectivity index (χ0n) is 13.7. The molecule has 1 aromatic heterocycles. The van der Waals surface area contributed by atoms with Crippen LogP contribution in [-0.4, -0.2) is 15.3 Å². The predicted octanol–water partition coefficient (Wildman–Crippen LogP) is 4.74. The van der Waals surface area contributed by atoms with Gasteiger partial charge in [0.25, 0.3) is 5.56 Å². The minimum Gasteiger partial charge on any atom is -0.268 e. The van der Waals surface area contributed by atoms with E-state index in [1.54, 1.807) is 16.7 Å². The van der Waals surface area contributed by atoms with Gasteiger partial charge in [-0.15, -0.1) is 0 Å². The third-order valence-electron chi connectivity index (χ3n) is 3.89. The van der Waals surface area contributed by atoms with E-state index in [1.165, 1.54) is 11.8 Å². The third kappa shape index (κ3) is 3.55. The first-order valence-corrected chi connectivity index (χ1v) is 9.27. The van der Waals surface area contributed by atoms with E-state index in [4.69, 9.17) is 16.9 Å². The number of nitriles is 1. The molecule has 6 heteroatoms. The van der Waals surface area contributed by atoms with Crippen molar-refractivity contribution in [1.29, 1.82) is 5.26 Å². The molecule has 0 spiro atoms. The van der Waals surface area contributed by atoms with Gasteiger partial charge in [-0.05, 0) is 43.2 Å². The summed E-state index contributed by atoms with van der Waals surface area (Å²) in [5.74, 6) is 0.720. The molecule has 0 unspecified atom stereocenters. The van der Waals surface area contributed by atoms with E-state index < -0.39 is 0 Å². The maximum Gasteiger partial charge on any atom is 0.266 e. The molecule has 3 rings (SSSR count). The quantitative estimate of drug-likeness (QED) is 0.370. The van der Waals surface area contributed by atoms with Crippen molar-refractivity contribution in [3.05, 3.63) is 63.4 Å². The van der Waals surface area contributed by atoms with Crippen LogP contribution in [0.2, 0.25) is 5.02 Å². The maximum atomic E-state index is 13.1. The van der Waals surface area contributed by atoms with Crippen LogP contribution in [0.3, 0.4) is 0 Å². The smallest absolute Gasteiger partial charge is 0.266 e. The lowest BCUT2D eigenvalue weighted by Crippen LogP contribution is -2.22. The maximum absolute atomic E-state index is 13.1. The average molecular weight is 370 g/mol. The summed E-state index contributed by atoms with van der Waals surface area (Å²) in [6.07, 6.45) is 1.24. The van der Waals surface area contributed by atoms with Crippen LogP contribution in [0.25, 0.3) is 16.6 Å². The second-order valence-corrected chi connectivity index (χ2v) is 7.02. The van der Waals surface area contributed by atoms with Gasteiger partial charge in [-0.3, -0.25) is 9.36 Å². The number of hydrogen-bond acceptors (Lipinski definition) is 4. The number of hydrogen-bond donors (Lipinski definition) is 0. The third-order valence-corrected chi connectivity index (χ3v) is 5.32. The zero-order chi connectivity index (χ0) is 17.8. The lowest BCUT2D eigenvalue weighted by Gasteiger charge is -2.15. The van der Waals surface area contributed by atoms with E-state index in [2.05, 4.69) is 11.1 Å². The molecule has 4 nitrogen and oxygen atoms in total. The molecule has 0 aliphatic carbocycles. The molecule has 0 saturated carbocycles. The molecule has 126 valence electrons. The Bertz CT molecular complexity index is 1020. The summed E-state index contributed by atoms with van der Waals surface area (Å²) in [7, 11) is 0. The van der Waals surface area contributed by atoms with Crippen LogP contribution >= 0.6 is 23.4 Å². The molecule has 0 aliphatic rings. The number of fused-ring (bicyclic) bond motifs is 1. The SMILES string of the molecule is Cc1c(Cl)cccc1-n1c(SCCCC#N)nc2ccccc2c1=O. The number of thioether (sulfide) groups is 1. The van der Waals surface area contributed by atoms with Crippen molar-refractivity contribution in [3.8, 4) is 11.8 Å². The number of para-hydroxylation sites is 1. The van der Waals surface area contributed by atoms with Crippen LogP contribution < -0.4 is 5.56 Å². The van der Waals surface area contributed by atoms with E-state index in [-0.39, 0.29) is 5.56 Å². The molecule has 2 aromatic carbocycles. The number of halogens is 1. The molecular weight excluding hydrogens is 354 g/mol. The number of rotatable bonds is 5. The molecular formula is C19H16ClN3OS. The first kappa shape index (κ1) is 17.5. The van der Waals surface area contributed by atoms with Crippen molar-refractivity contribution < 1.29 is 0 Å². The summed E-state index contributed by atoms with van der Waals surface area (Å²) in [6, 6.07) is 15.0. The van der Waals surface area contributed by atoms with Crippen molar-refractivity contribution in [2.75, 3.05) is 5.75 Å². The standard InChI is InChI=1S/C19H16ClN3OS/c1-13-15(20)8-6-10-17(13)23-18(24)14-7-2-3-9-16(14)22-19(23)25-12-5-4-11-21/h2-3,6-10H,4-5,12H2,1H3. The molecule has 0 N–H and O–H groups in total. The van der Waals surface area contributed by atoms with Gasteiger partial charge in [-0.25, -0.2) is 4.98 Å². The Labute approximate surface area is 155 Å². The Morgan fingerprint density at radius 3 is 2.84 bits per heavy atom. The van der Waals surface area contributed by atoms with Crippen molar-refractivity contribution >= 4 is 34.3 Å². The highest BCUT2D eigenvalue weighted by Gasteiger charge is 2.15. The molecule has 1 heterocycles. The van der Waals surface area contributed by atoms with E-state index in [9.17, 15) is 4.79 Å². The Balaban J connectivity index is 2.20. The van der Waals surface area contributed by atoms with E-state index in [1.807, 2.05) is 37.3 Å². The van der Waals surface area contributed by atoms with Gasteiger partial charge < -0.3 is 0 Å². The van der Waals surface area contributed by atoms with Crippen LogP contribution in [0.4, 0.5) is 0 Å². The average Bonchev–Trinajstić information content (AvgIpc) is 2.62. The van der Waals surface area contributed by atoms with Crippen LogP contribution in [0.1, 0.15) is 18.4 Å². The topological polar surface area (TPSA) is 58.7 Å². The summed E-state index contributed by atoms with van der Waals surface area (Å²) < 4.78 is 1.63. The van der Waals surface area contributed by atoms with Gasteiger partial charge in [0.15, 0.2) is 5.16 Å². The Morgan fingerprint density at radius 1 is 1.24 bits per heavy atom. The van der Waals surface area contributed by atoms with E-state index in [0.29, 0.717) is 27.5 Å². The van der Waals surface area contributed by atoms with Gasteiger partial charge in [0.05, 0.1) is 22.7 Å². The van der Waals surface area contributed by atoms with Crippen molar-refractivity contribution in [1.82, 2.24) is 9.55 Å². The number of benzene rings is 2. The van der Waals surface area contributed by atoms with Crippen molar-refractivity contribution in [2.24, 2.45) is 0 Å². The summed E-state index contributed by atoms with van der Waals surface area (Å²) >= 11 is 7.74. The molecule has 0 saturated heterocycles. The molecule has 3 aromatic rings. The molecule has 25 heavy (non-hydrogen) atoms. The first-order valence-electron chi connectivity index (χ1n) is 7.90. The van der Waals surface area contributed by atoms with Gasteiger partial charge >= 0.3 is 0 Å². The monoisotopic (exact) mass is 369 g/mol. The lowest BCUT2D eigenvalue weighted by molar-refractivity contribution is 0.812. The number of unbranched alkanes of at least 4 members (excludes halogenated alkanes) is 1. The van der Waals surface area contributed by atoms with E-state index in [0.717, 1.165) is 23.4 Å². The Hall–Kier alpha value is -2.29. The van der Waals surface area contributed by atoms with Gasteiger partial charge in [0.1, 0.15) is 0 Å². The molecule has 0 bridgehead atoms. The number of aromatic nitrogens is 2. The van der Waals surface area contributed by atoms with Gasteiger partial charge in [-0.2, -0.15) is 5.26 Å². The minimum atomic E-state index is -0.112. The predicted molar refractivity (Wildman–Crippen MR) is 103 cm³/mol. The van der Waals surface area contributed by atoms with Crippen LogP contribution in [0.5, 0.6) is 0 Å². The lowest BCUT2D eigenvalue weighted by atomic mass is 10.2. The first-order chi connectivity index (χ1) is 12.1. The van der Waals surface area contributed by atoms with E-state index >= 15 is 0 Å². The minimum absolute atomic E-state index is 0.112. The normalized spacial score (nSPS) is 10.8. The highest BCUT2D eigenvalue weighted by Crippen LogP contribution is 2.26. The largest absolute Gasteiger partial charge is 0.268 e. The summed E-state index contributed by atoms with van der Waals surface area (Å²) in [5.41, 5.74) is 2.13.